The van der Waals surface area contributed by atoms with Gasteiger partial charge in [-0.25, -0.2) is 0 Å². The zero-order chi connectivity index (χ0) is 14.2. The fraction of sp³-hybridized carbons (Fsp3) is 0.462. The second-order valence-electron chi connectivity index (χ2n) is 4.79. The Balaban J connectivity index is 2.38. The molecule has 0 amide bonds. The quantitative estimate of drug-likeness (QED) is 0.865. The van der Waals surface area contributed by atoms with Gasteiger partial charge in [0.15, 0.2) is 0 Å². The Morgan fingerprint density at radius 3 is 2.42 bits per heavy atom. The van der Waals surface area contributed by atoms with Crippen LogP contribution in [-0.4, -0.2) is 18.1 Å². The Labute approximate surface area is 115 Å². The zero-order valence-electron chi connectivity index (χ0n) is 10.5. The van der Waals surface area contributed by atoms with Crippen molar-refractivity contribution >= 4 is 22.9 Å². The molecule has 0 bridgehead atoms. The van der Waals surface area contributed by atoms with Gasteiger partial charge in [0.25, 0.3) is 0 Å². The van der Waals surface area contributed by atoms with Crippen LogP contribution in [0, 0.1) is 0 Å². The van der Waals surface area contributed by atoms with Gasteiger partial charge in [-0.2, -0.15) is 13.2 Å². The monoisotopic (exact) mass is 288 g/mol. The van der Waals surface area contributed by atoms with Crippen LogP contribution in [-0.2, 0) is 6.18 Å². The van der Waals surface area contributed by atoms with E-state index in [4.69, 9.17) is 18.0 Å². The molecule has 1 aliphatic rings. The van der Waals surface area contributed by atoms with E-state index < -0.39 is 11.7 Å². The van der Waals surface area contributed by atoms with E-state index in [9.17, 15) is 13.2 Å². The van der Waals surface area contributed by atoms with Crippen molar-refractivity contribution in [1.82, 2.24) is 0 Å². The molecule has 1 aromatic rings. The molecule has 19 heavy (non-hydrogen) atoms. The summed E-state index contributed by atoms with van der Waals surface area (Å²) in [5.74, 6) is 0. The van der Waals surface area contributed by atoms with Gasteiger partial charge in [0, 0.05) is 24.3 Å². The van der Waals surface area contributed by atoms with E-state index in [1.807, 2.05) is 11.9 Å². The average molecular weight is 288 g/mol. The van der Waals surface area contributed by atoms with Crippen molar-refractivity contribution in [2.75, 3.05) is 11.9 Å². The highest BCUT2D eigenvalue weighted by atomic mass is 32.1. The van der Waals surface area contributed by atoms with Gasteiger partial charge >= 0.3 is 6.18 Å². The number of hydrogen-bond acceptors (Lipinski definition) is 2. The van der Waals surface area contributed by atoms with Crippen molar-refractivity contribution in [3.8, 4) is 0 Å². The molecule has 0 aliphatic heterocycles. The Morgan fingerprint density at radius 2 is 2.00 bits per heavy atom. The van der Waals surface area contributed by atoms with Crippen molar-refractivity contribution in [2.45, 2.75) is 31.5 Å². The lowest BCUT2D eigenvalue weighted by Gasteiger charge is -2.36. The maximum Gasteiger partial charge on any atom is 0.417 e. The van der Waals surface area contributed by atoms with Crippen LogP contribution >= 0.6 is 12.2 Å². The minimum absolute atomic E-state index is 0.105. The van der Waals surface area contributed by atoms with E-state index in [1.165, 1.54) is 12.1 Å². The lowest BCUT2D eigenvalue weighted by Crippen LogP contribution is -2.37. The van der Waals surface area contributed by atoms with Crippen LogP contribution < -0.4 is 10.6 Å². The number of alkyl halides is 3. The van der Waals surface area contributed by atoms with Crippen LogP contribution in [0.4, 0.5) is 18.9 Å². The first-order chi connectivity index (χ1) is 8.80. The molecule has 0 aromatic heterocycles. The molecule has 1 aliphatic carbocycles. The molecule has 0 heterocycles. The maximum atomic E-state index is 12.8. The molecule has 0 radical (unpaired) electrons. The number of nitrogens with zero attached hydrogens (tertiary/aromatic N) is 1. The van der Waals surface area contributed by atoms with Gasteiger partial charge in [-0.15, -0.1) is 0 Å². The number of thiocarbonyl (C=S) groups is 1. The van der Waals surface area contributed by atoms with Gasteiger partial charge in [-0.3, -0.25) is 0 Å². The SMILES string of the molecule is CN(c1ccc(C(F)(F)F)c(C(N)=S)c1)C1CCC1. The van der Waals surface area contributed by atoms with Crippen molar-refractivity contribution in [3.05, 3.63) is 29.3 Å². The lowest BCUT2D eigenvalue weighted by atomic mass is 9.91. The molecule has 104 valence electrons. The summed E-state index contributed by atoms with van der Waals surface area (Å²) in [6.45, 7) is 0. The topological polar surface area (TPSA) is 29.3 Å². The summed E-state index contributed by atoms with van der Waals surface area (Å²) in [4.78, 5) is 1.77. The van der Waals surface area contributed by atoms with Gasteiger partial charge < -0.3 is 10.6 Å². The highest BCUT2D eigenvalue weighted by Gasteiger charge is 2.34. The third kappa shape index (κ3) is 2.83. The van der Waals surface area contributed by atoms with Crippen LogP contribution in [0.25, 0.3) is 0 Å². The fourth-order valence-electron chi connectivity index (χ4n) is 2.19. The molecule has 1 saturated carbocycles. The summed E-state index contributed by atoms with van der Waals surface area (Å²) in [5, 5.41) is 0. The smallest absolute Gasteiger partial charge is 0.389 e. The fourth-order valence-corrected chi connectivity index (χ4v) is 2.36. The van der Waals surface area contributed by atoms with Gasteiger partial charge in [0.1, 0.15) is 4.99 Å². The van der Waals surface area contributed by atoms with E-state index in [2.05, 4.69) is 0 Å². The Kier molecular flexibility index (Phi) is 3.71. The molecule has 0 unspecified atom stereocenters. The minimum Gasteiger partial charge on any atom is -0.389 e. The summed E-state index contributed by atoms with van der Waals surface area (Å²) in [6, 6.07) is 4.36. The molecule has 1 aromatic carbocycles. The highest BCUT2D eigenvalue weighted by Crippen LogP contribution is 2.35. The van der Waals surface area contributed by atoms with Crippen molar-refractivity contribution in [1.29, 1.82) is 0 Å². The summed E-state index contributed by atoms with van der Waals surface area (Å²) in [5.41, 5.74) is 5.26. The number of anilines is 1. The number of hydrogen-bond donors (Lipinski definition) is 1. The number of rotatable bonds is 3. The van der Waals surface area contributed by atoms with Crippen molar-refractivity contribution in [2.24, 2.45) is 5.73 Å². The molecule has 2 nitrogen and oxygen atoms in total. The molecule has 6 heteroatoms. The number of halogens is 3. The van der Waals surface area contributed by atoms with Crippen LogP contribution in [0.1, 0.15) is 30.4 Å². The second-order valence-corrected chi connectivity index (χ2v) is 5.23. The first-order valence-electron chi connectivity index (χ1n) is 6.04. The Hall–Kier alpha value is -1.30. The van der Waals surface area contributed by atoms with Crippen molar-refractivity contribution < 1.29 is 13.2 Å². The third-order valence-electron chi connectivity index (χ3n) is 3.60. The van der Waals surface area contributed by atoms with Gasteiger partial charge in [-0.05, 0) is 37.5 Å². The predicted octanol–water partition coefficient (Wildman–Crippen LogP) is 3.33. The van der Waals surface area contributed by atoms with Gasteiger partial charge in [-0.1, -0.05) is 12.2 Å². The summed E-state index contributed by atoms with van der Waals surface area (Å²) < 4.78 is 38.5. The van der Waals surface area contributed by atoms with Gasteiger partial charge in [0.05, 0.1) is 5.56 Å². The van der Waals surface area contributed by atoms with E-state index >= 15 is 0 Å². The number of benzene rings is 1. The first kappa shape index (κ1) is 14.1. The molecule has 1 fully saturated rings. The largest absolute Gasteiger partial charge is 0.417 e. The van der Waals surface area contributed by atoms with Gasteiger partial charge in [0.2, 0.25) is 0 Å². The van der Waals surface area contributed by atoms with Crippen molar-refractivity contribution in [3.63, 3.8) is 0 Å². The molecule has 0 atom stereocenters. The van der Waals surface area contributed by atoms with E-state index in [0.717, 1.165) is 31.0 Å². The predicted molar refractivity (Wildman–Crippen MR) is 73.4 cm³/mol. The molecule has 2 rings (SSSR count). The summed E-state index contributed by atoms with van der Waals surface area (Å²) >= 11 is 4.73. The zero-order valence-corrected chi connectivity index (χ0v) is 11.3. The molecular weight excluding hydrogens is 273 g/mol. The lowest BCUT2D eigenvalue weighted by molar-refractivity contribution is -0.137. The molecule has 0 spiro atoms. The standard InChI is InChI=1S/C13H15F3N2S/c1-18(8-3-2-4-8)9-5-6-11(13(14,15)16)10(7-9)12(17)19/h5-8H,2-4H2,1H3,(H2,17,19). The van der Waals surface area contributed by atoms with Crippen LogP contribution in [0.5, 0.6) is 0 Å². The third-order valence-corrected chi connectivity index (χ3v) is 3.82. The Bertz CT molecular complexity index is 495. The Morgan fingerprint density at radius 1 is 1.37 bits per heavy atom. The van der Waals surface area contributed by atoms with Crippen LogP contribution in [0.3, 0.4) is 0 Å². The molecule has 0 saturated heterocycles. The van der Waals surface area contributed by atoms with Crippen LogP contribution in [0.2, 0.25) is 0 Å². The highest BCUT2D eigenvalue weighted by molar-refractivity contribution is 7.80. The maximum absolute atomic E-state index is 12.8. The second kappa shape index (κ2) is 5.00. The minimum atomic E-state index is -4.44. The first-order valence-corrected chi connectivity index (χ1v) is 6.45. The van der Waals surface area contributed by atoms with Crippen LogP contribution in [0.15, 0.2) is 18.2 Å². The summed E-state index contributed by atoms with van der Waals surface area (Å²) in [6.07, 6.45) is -1.13. The summed E-state index contributed by atoms with van der Waals surface area (Å²) in [7, 11) is 1.88. The average Bonchev–Trinajstić information content (AvgIpc) is 2.24. The van der Waals surface area contributed by atoms with E-state index in [1.54, 1.807) is 0 Å². The molecular formula is C13H15F3N2S. The van der Waals surface area contributed by atoms with E-state index in [-0.39, 0.29) is 10.6 Å². The normalized spacial score (nSPS) is 16.0. The number of nitrogens with two attached hydrogens (primary N) is 1. The molecule has 2 N–H and O–H groups in total. The van der Waals surface area contributed by atoms with E-state index in [0.29, 0.717) is 6.04 Å².